The Morgan fingerprint density at radius 1 is 1.04 bits per heavy atom. The summed E-state index contributed by atoms with van der Waals surface area (Å²) in [6.45, 7) is 3.34. The Labute approximate surface area is 138 Å². The topological polar surface area (TPSA) is 15.3 Å². The second-order valence-electron chi connectivity index (χ2n) is 6.88. The summed E-state index contributed by atoms with van der Waals surface area (Å²) in [5.41, 5.74) is 4.45. The van der Waals surface area contributed by atoms with Gasteiger partial charge in [0.15, 0.2) is 0 Å². The van der Waals surface area contributed by atoms with Crippen molar-refractivity contribution in [3.8, 4) is 0 Å². The van der Waals surface area contributed by atoms with Crippen LogP contribution in [0.3, 0.4) is 0 Å². The quantitative estimate of drug-likeness (QED) is 0.925. The summed E-state index contributed by atoms with van der Waals surface area (Å²) in [5.74, 6) is 0.660. The Morgan fingerprint density at radius 3 is 2.74 bits per heavy atom. The first-order chi connectivity index (χ1) is 11.3. The van der Waals surface area contributed by atoms with E-state index in [-0.39, 0.29) is 0 Å². The van der Waals surface area contributed by atoms with E-state index in [1.807, 2.05) is 0 Å². The molecule has 1 fully saturated rings. The number of likely N-dealkylation sites (tertiary alicyclic amines) is 1. The zero-order chi connectivity index (χ0) is 15.6. The lowest BCUT2D eigenvalue weighted by Gasteiger charge is -2.09. The van der Waals surface area contributed by atoms with Gasteiger partial charge < -0.3 is 10.2 Å². The van der Waals surface area contributed by atoms with E-state index in [1.165, 1.54) is 28.1 Å². The Hall–Kier alpha value is -2.06. The Kier molecular flexibility index (Phi) is 3.92. The molecule has 2 heteroatoms. The van der Waals surface area contributed by atoms with Crippen molar-refractivity contribution < 1.29 is 0 Å². The average molecular weight is 304 g/mol. The van der Waals surface area contributed by atoms with Gasteiger partial charge in [0.25, 0.3) is 0 Å². The molecule has 23 heavy (non-hydrogen) atoms. The fourth-order valence-electron chi connectivity index (χ4n) is 3.89. The molecule has 2 aliphatic heterocycles. The number of benzene rings is 2. The van der Waals surface area contributed by atoms with E-state index in [9.17, 15) is 0 Å². The Morgan fingerprint density at radius 2 is 1.87 bits per heavy atom. The molecule has 118 valence electrons. The first kappa shape index (κ1) is 14.5. The van der Waals surface area contributed by atoms with Gasteiger partial charge in [-0.25, -0.2) is 0 Å². The van der Waals surface area contributed by atoms with E-state index in [0.29, 0.717) is 5.92 Å². The smallest absolute Gasteiger partial charge is 0.0220 e. The second kappa shape index (κ2) is 6.21. The number of nitrogens with zero attached hydrogens (tertiary/aromatic N) is 1. The minimum atomic E-state index is 0.660. The highest BCUT2D eigenvalue weighted by Gasteiger charge is 2.26. The number of aryl methyl sites for hydroxylation is 2. The molecule has 2 aromatic carbocycles. The number of hydrogen-bond acceptors (Lipinski definition) is 2. The SMILES string of the molecule is CN1CC2=c3ccc(CCc4ccccc4)cc3=CNC[C@H]2C1. The van der Waals surface area contributed by atoms with Gasteiger partial charge >= 0.3 is 0 Å². The molecule has 4 rings (SSSR count). The maximum Gasteiger partial charge on any atom is 0.0220 e. The monoisotopic (exact) mass is 304 g/mol. The van der Waals surface area contributed by atoms with Crippen LogP contribution in [0, 0.1) is 5.92 Å². The number of rotatable bonds is 3. The van der Waals surface area contributed by atoms with Crippen molar-refractivity contribution in [2.45, 2.75) is 12.8 Å². The maximum absolute atomic E-state index is 3.52. The van der Waals surface area contributed by atoms with Crippen LogP contribution in [0.2, 0.25) is 0 Å². The molecule has 1 atom stereocenters. The molecule has 0 amide bonds. The lowest BCUT2D eigenvalue weighted by atomic mass is 9.98. The predicted molar refractivity (Wildman–Crippen MR) is 96.4 cm³/mol. The summed E-state index contributed by atoms with van der Waals surface area (Å²) in [6.07, 6.45) is 4.42. The molecule has 2 nitrogen and oxygen atoms in total. The van der Waals surface area contributed by atoms with Gasteiger partial charge in [-0.3, -0.25) is 0 Å². The first-order valence-corrected chi connectivity index (χ1v) is 8.58. The molecular formula is C21H24N2. The minimum Gasteiger partial charge on any atom is -0.390 e. The summed E-state index contributed by atoms with van der Waals surface area (Å²) < 4.78 is 0. The number of nitrogens with one attached hydrogen (secondary N) is 1. The van der Waals surface area contributed by atoms with E-state index >= 15 is 0 Å². The fraction of sp³-hybridized carbons (Fsp3) is 0.333. The predicted octanol–water partition coefficient (Wildman–Crippen LogP) is 1.53. The third kappa shape index (κ3) is 3.04. The standard InChI is InChI=1S/C21H24N2/c1-23-14-19-13-22-12-18-11-17(9-10-20(18)21(19)15-23)8-7-16-5-3-2-4-6-16/h2-6,9-12,19,22H,7-8,13-15H2,1H3/t19-/m0/s1. The van der Waals surface area contributed by atoms with E-state index in [1.54, 1.807) is 5.57 Å². The number of fused-ring (bicyclic) bond motifs is 2. The van der Waals surface area contributed by atoms with Crippen LogP contribution in [0.15, 0.2) is 48.5 Å². The highest BCUT2D eigenvalue weighted by atomic mass is 15.1. The molecule has 2 aromatic rings. The minimum absolute atomic E-state index is 0.660. The molecule has 0 aliphatic carbocycles. The van der Waals surface area contributed by atoms with Gasteiger partial charge in [-0.05, 0) is 53.1 Å². The van der Waals surface area contributed by atoms with Gasteiger partial charge in [0.1, 0.15) is 0 Å². The van der Waals surface area contributed by atoms with Crippen molar-refractivity contribution in [2.75, 3.05) is 26.7 Å². The average Bonchev–Trinajstić information content (AvgIpc) is 2.86. The highest BCUT2D eigenvalue weighted by molar-refractivity contribution is 5.55. The van der Waals surface area contributed by atoms with Crippen LogP contribution in [0.25, 0.3) is 11.8 Å². The van der Waals surface area contributed by atoms with Crippen molar-refractivity contribution in [1.82, 2.24) is 10.2 Å². The third-order valence-electron chi connectivity index (χ3n) is 5.09. The zero-order valence-electron chi connectivity index (χ0n) is 13.8. The van der Waals surface area contributed by atoms with Crippen molar-refractivity contribution in [1.29, 1.82) is 0 Å². The molecule has 1 N–H and O–H groups in total. The molecule has 2 heterocycles. The van der Waals surface area contributed by atoms with Crippen LogP contribution >= 0.6 is 0 Å². The van der Waals surface area contributed by atoms with Crippen molar-refractivity contribution in [3.63, 3.8) is 0 Å². The van der Waals surface area contributed by atoms with Crippen LogP contribution < -0.4 is 15.8 Å². The molecule has 1 saturated heterocycles. The van der Waals surface area contributed by atoms with Crippen molar-refractivity contribution >= 4 is 11.8 Å². The molecule has 0 aromatic heterocycles. The number of hydrogen-bond donors (Lipinski definition) is 1. The summed E-state index contributed by atoms with van der Waals surface area (Å²) in [4.78, 5) is 2.43. The van der Waals surface area contributed by atoms with Gasteiger partial charge in [-0.15, -0.1) is 0 Å². The molecule has 0 bridgehead atoms. The highest BCUT2D eigenvalue weighted by Crippen LogP contribution is 2.21. The van der Waals surface area contributed by atoms with Gasteiger partial charge in [0.2, 0.25) is 0 Å². The van der Waals surface area contributed by atoms with Crippen molar-refractivity contribution in [3.05, 3.63) is 70.1 Å². The molecule has 0 radical (unpaired) electrons. The van der Waals surface area contributed by atoms with Crippen LogP contribution in [0.5, 0.6) is 0 Å². The first-order valence-electron chi connectivity index (χ1n) is 8.58. The van der Waals surface area contributed by atoms with E-state index in [4.69, 9.17) is 0 Å². The van der Waals surface area contributed by atoms with Gasteiger partial charge in [-0.2, -0.15) is 0 Å². The summed E-state index contributed by atoms with van der Waals surface area (Å²) in [7, 11) is 2.22. The van der Waals surface area contributed by atoms with E-state index in [2.05, 4.69) is 72.0 Å². The Bertz CT molecular complexity index is 807. The summed E-state index contributed by atoms with van der Waals surface area (Å²) in [6, 6.07) is 17.8. The molecular weight excluding hydrogens is 280 g/mol. The summed E-state index contributed by atoms with van der Waals surface area (Å²) >= 11 is 0. The van der Waals surface area contributed by atoms with Gasteiger partial charge in [0.05, 0.1) is 0 Å². The second-order valence-corrected chi connectivity index (χ2v) is 6.88. The largest absolute Gasteiger partial charge is 0.390 e. The molecule has 0 spiro atoms. The van der Waals surface area contributed by atoms with Gasteiger partial charge in [-0.1, -0.05) is 42.5 Å². The Balaban J connectivity index is 1.64. The maximum atomic E-state index is 3.52. The summed E-state index contributed by atoms with van der Waals surface area (Å²) in [5, 5.41) is 6.34. The fourth-order valence-corrected chi connectivity index (χ4v) is 3.89. The third-order valence-corrected chi connectivity index (χ3v) is 5.09. The van der Waals surface area contributed by atoms with Crippen LogP contribution in [0.4, 0.5) is 0 Å². The normalized spacial score (nSPS) is 20.2. The van der Waals surface area contributed by atoms with Crippen LogP contribution in [-0.4, -0.2) is 31.6 Å². The van der Waals surface area contributed by atoms with E-state index < -0.39 is 0 Å². The van der Waals surface area contributed by atoms with E-state index in [0.717, 1.165) is 25.9 Å². The lowest BCUT2D eigenvalue weighted by molar-refractivity contribution is 0.394. The van der Waals surface area contributed by atoms with Crippen molar-refractivity contribution in [2.24, 2.45) is 5.92 Å². The van der Waals surface area contributed by atoms with Gasteiger partial charge in [0, 0.05) is 31.8 Å². The molecule has 0 unspecified atom stereocenters. The lowest BCUT2D eigenvalue weighted by Crippen LogP contribution is -2.29. The molecule has 2 aliphatic rings. The van der Waals surface area contributed by atoms with Crippen LogP contribution in [-0.2, 0) is 12.8 Å². The molecule has 0 saturated carbocycles. The zero-order valence-corrected chi connectivity index (χ0v) is 13.8. The van der Waals surface area contributed by atoms with Crippen LogP contribution in [0.1, 0.15) is 11.1 Å².